The first-order chi connectivity index (χ1) is 3.66. The van der Waals surface area contributed by atoms with Gasteiger partial charge in [-0.1, -0.05) is 6.58 Å². The number of rotatable bonds is 2. The molecule has 0 heterocycles. The fourth-order valence-corrected chi connectivity index (χ4v) is 0.598. The highest BCUT2D eigenvalue weighted by Gasteiger charge is 1.81. The van der Waals surface area contributed by atoms with Gasteiger partial charge in [0.25, 0.3) is 0 Å². The Hall–Kier alpha value is -0.0600. The van der Waals surface area contributed by atoms with Crippen LogP contribution in [0.15, 0.2) is 17.8 Å². The van der Waals surface area contributed by atoms with Crippen LogP contribution in [0.4, 0.5) is 0 Å². The van der Waals surface area contributed by atoms with E-state index in [1.165, 1.54) is 0 Å². The van der Waals surface area contributed by atoms with Crippen LogP contribution in [-0.4, -0.2) is 16.0 Å². The average molecular weight is 224 g/mol. The molecule has 2 nitrogen and oxygen atoms in total. The second-order valence-electron chi connectivity index (χ2n) is 1.39. The van der Waals surface area contributed by atoms with E-state index in [9.17, 15) is 0 Å². The molecule has 0 amide bonds. The molecule has 0 aliphatic rings. The first-order valence-corrected chi connectivity index (χ1v) is 3.20. The molecular weight excluding hydrogens is 215 g/mol. The van der Waals surface area contributed by atoms with Crippen molar-refractivity contribution in [1.29, 1.82) is 0 Å². The average Bonchev–Trinajstić information content (AvgIpc) is 1.65. The second-order valence-corrected chi connectivity index (χ2v) is 2.79. The summed E-state index contributed by atoms with van der Waals surface area (Å²) in [5.74, 6) is 0. The van der Waals surface area contributed by atoms with Gasteiger partial charge in [0.15, 0.2) is 0 Å². The SMILES string of the molecule is C=C/C(C)=N\N(C)I. The molecule has 0 aromatic rings. The molecule has 0 atom stereocenters. The minimum atomic E-state index is 0.932. The van der Waals surface area contributed by atoms with Crippen molar-refractivity contribution in [3.05, 3.63) is 12.7 Å². The molecule has 0 saturated heterocycles. The summed E-state index contributed by atoms with van der Waals surface area (Å²) in [6.45, 7) is 5.46. The van der Waals surface area contributed by atoms with Crippen molar-refractivity contribution in [2.75, 3.05) is 7.05 Å². The molecule has 0 aromatic heterocycles. The van der Waals surface area contributed by atoms with Gasteiger partial charge in [-0.2, -0.15) is 5.10 Å². The molecule has 0 fully saturated rings. The minimum absolute atomic E-state index is 0.932. The first kappa shape index (κ1) is 7.94. The molecule has 0 aliphatic carbocycles. The van der Waals surface area contributed by atoms with Crippen LogP contribution in [0.25, 0.3) is 0 Å². The van der Waals surface area contributed by atoms with Gasteiger partial charge >= 0.3 is 0 Å². The van der Waals surface area contributed by atoms with Gasteiger partial charge in [0, 0.05) is 7.05 Å². The largest absolute Gasteiger partial charge is 0.239 e. The molecule has 8 heavy (non-hydrogen) atoms. The lowest BCUT2D eigenvalue weighted by Crippen LogP contribution is -1.96. The normalized spacial score (nSPS) is 11.1. The highest BCUT2D eigenvalue weighted by molar-refractivity contribution is 14.1. The summed E-state index contributed by atoms with van der Waals surface area (Å²) >= 11 is 2.08. The Bertz CT molecular complexity index is 107. The molecule has 0 bridgehead atoms. The van der Waals surface area contributed by atoms with Crippen LogP contribution in [0, 0.1) is 0 Å². The Labute approximate surface area is 63.8 Å². The monoisotopic (exact) mass is 224 g/mol. The quantitative estimate of drug-likeness (QED) is 0.302. The Morgan fingerprint density at radius 2 is 2.38 bits per heavy atom. The lowest BCUT2D eigenvalue weighted by atomic mass is 10.4. The van der Waals surface area contributed by atoms with Crippen molar-refractivity contribution < 1.29 is 0 Å². The zero-order valence-corrected chi connectivity index (χ0v) is 7.21. The zero-order valence-electron chi connectivity index (χ0n) is 5.06. The van der Waals surface area contributed by atoms with E-state index < -0.39 is 0 Å². The Morgan fingerprint density at radius 3 is 2.50 bits per heavy atom. The molecule has 3 heteroatoms. The van der Waals surface area contributed by atoms with Gasteiger partial charge in [-0.15, -0.1) is 0 Å². The van der Waals surface area contributed by atoms with Gasteiger partial charge in [-0.05, 0) is 13.0 Å². The van der Waals surface area contributed by atoms with Crippen LogP contribution in [0.1, 0.15) is 6.92 Å². The topological polar surface area (TPSA) is 15.6 Å². The lowest BCUT2D eigenvalue weighted by molar-refractivity contribution is 0.667. The Balaban J connectivity index is 3.74. The maximum atomic E-state index is 4.01. The fraction of sp³-hybridized carbons (Fsp3) is 0.400. The number of hydrazone groups is 1. The molecule has 0 rings (SSSR count). The van der Waals surface area contributed by atoms with E-state index in [-0.39, 0.29) is 0 Å². The molecule has 0 aliphatic heterocycles. The van der Waals surface area contributed by atoms with Crippen LogP contribution in [0.3, 0.4) is 0 Å². The second kappa shape index (κ2) is 3.88. The van der Waals surface area contributed by atoms with Gasteiger partial charge in [0.05, 0.1) is 28.6 Å². The number of allylic oxidation sites excluding steroid dienone is 1. The number of nitrogens with zero attached hydrogens (tertiary/aromatic N) is 2. The number of halogens is 1. The fourth-order valence-electron chi connectivity index (χ4n) is 0.258. The first-order valence-electron chi connectivity index (χ1n) is 2.24. The zero-order chi connectivity index (χ0) is 6.57. The number of hydrogen-bond donors (Lipinski definition) is 0. The molecule has 0 aromatic carbocycles. The molecule has 0 radical (unpaired) electrons. The summed E-state index contributed by atoms with van der Waals surface area (Å²) in [5, 5.41) is 4.01. The maximum Gasteiger partial charge on any atom is 0.0780 e. The predicted molar refractivity (Wildman–Crippen MR) is 45.1 cm³/mol. The number of hydrogen-bond acceptors (Lipinski definition) is 2. The Kier molecular flexibility index (Phi) is 3.85. The van der Waals surface area contributed by atoms with E-state index in [4.69, 9.17) is 0 Å². The van der Waals surface area contributed by atoms with Gasteiger partial charge in [-0.3, -0.25) is 0 Å². The molecular formula is C5H9IN2. The predicted octanol–water partition coefficient (Wildman–Crippen LogP) is 1.83. The summed E-state index contributed by atoms with van der Waals surface area (Å²) in [6.07, 6.45) is 1.72. The van der Waals surface area contributed by atoms with Crippen LogP contribution in [-0.2, 0) is 0 Å². The van der Waals surface area contributed by atoms with Gasteiger partial charge in [0.1, 0.15) is 0 Å². The van der Waals surface area contributed by atoms with Crippen LogP contribution >= 0.6 is 22.9 Å². The highest BCUT2D eigenvalue weighted by atomic mass is 127. The van der Waals surface area contributed by atoms with E-state index in [1.54, 1.807) is 9.30 Å². The molecule has 46 valence electrons. The van der Waals surface area contributed by atoms with Crippen molar-refractivity contribution >= 4 is 28.6 Å². The van der Waals surface area contributed by atoms with E-state index in [0.29, 0.717) is 0 Å². The molecule has 0 saturated carbocycles. The van der Waals surface area contributed by atoms with Crippen LogP contribution < -0.4 is 0 Å². The summed E-state index contributed by atoms with van der Waals surface area (Å²) in [6, 6.07) is 0. The lowest BCUT2D eigenvalue weighted by Gasteiger charge is -1.99. The molecule has 0 spiro atoms. The summed E-state index contributed by atoms with van der Waals surface area (Å²) < 4.78 is 1.72. The summed E-state index contributed by atoms with van der Waals surface area (Å²) in [5.41, 5.74) is 0.932. The van der Waals surface area contributed by atoms with Gasteiger partial charge in [0.2, 0.25) is 0 Å². The van der Waals surface area contributed by atoms with Crippen molar-refractivity contribution in [1.82, 2.24) is 3.22 Å². The van der Waals surface area contributed by atoms with Crippen LogP contribution in [0.2, 0.25) is 0 Å². The van der Waals surface area contributed by atoms with Crippen molar-refractivity contribution in [3.63, 3.8) is 0 Å². The smallest absolute Gasteiger partial charge is 0.0780 e. The summed E-state index contributed by atoms with van der Waals surface area (Å²) in [4.78, 5) is 0. The third-order valence-corrected chi connectivity index (χ3v) is 0.807. The molecule has 0 N–H and O–H groups in total. The van der Waals surface area contributed by atoms with Crippen molar-refractivity contribution in [3.8, 4) is 0 Å². The van der Waals surface area contributed by atoms with E-state index in [0.717, 1.165) is 5.71 Å². The molecule has 0 unspecified atom stereocenters. The third kappa shape index (κ3) is 4.11. The van der Waals surface area contributed by atoms with Crippen molar-refractivity contribution in [2.45, 2.75) is 6.92 Å². The van der Waals surface area contributed by atoms with E-state index >= 15 is 0 Å². The maximum absolute atomic E-state index is 4.01. The third-order valence-electron chi connectivity index (χ3n) is 0.591. The van der Waals surface area contributed by atoms with Gasteiger partial charge in [-0.25, -0.2) is 3.22 Å². The highest BCUT2D eigenvalue weighted by Crippen LogP contribution is 1.93. The van der Waals surface area contributed by atoms with E-state index in [2.05, 4.69) is 34.5 Å². The minimum Gasteiger partial charge on any atom is -0.239 e. The Morgan fingerprint density at radius 1 is 1.88 bits per heavy atom. The van der Waals surface area contributed by atoms with Crippen molar-refractivity contribution in [2.24, 2.45) is 5.10 Å². The van der Waals surface area contributed by atoms with Gasteiger partial charge < -0.3 is 0 Å². The standard InChI is InChI=1S/C5H9IN2/c1-4-5(2)7-8(3)6/h4H,1H2,2-3H3/b7-5-. The van der Waals surface area contributed by atoms with E-state index in [1.807, 2.05) is 14.0 Å². The van der Waals surface area contributed by atoms with Crippen LogP contribution in [0.5, 0.6) is 0 Å². The summed E-state index contributed by atoms with van der Waals surface area (Å²) in [7, 11) is 1.87.